The van der Waals surface area contributed by atoms with Crippen LogP contribution in [0.3, 0.4) is 0 Å². The molecule has 0 aliphatic rings. The summed E-state index contributed by atoms with van der Waals surface area (Å²) in [7, 11) is -5.28. The van der Waals surface area contributed by atoms with E-state index in [2.05, 4.69) is 41.7 Å². The summed E-state index contributed by atoms with van der Waals surface area (Å²) in [5, 5.41) is 0. The van der Waals surface area contributed by atoms with Gasteiger partial charge in [-0.1, -0.05) is 40.0 Å². The molecular weight excluding hydrogens is 405 g/mol. The van der Waals surface area contributed by atoms with Gasteiger partial charge in [0.2, 0.25) is 6.33 Å². The van der Waals surface area contributed by atoms with E-state index in [0.29, 0.717) is 6.54 Å². The van der Waals surface area contributed by atoms with Crippen LogP contribution in [0.15, 0.2) is 37.4 Å². The Morgan fingerprint density at radius 2 is 1.34 bits per heavy atom. The number of halogens is 3. The number of rotatable bonds is 10. The van der Waals surface area contributed by atoms with Gasteiger partial charge in [0.1, 0.15) is 24.8 Å². The Balaban J connectivity index is 0.000000296. The fraction of sp³-hybridized carbons (Fsp3) is 0.684. The van der Waals surface area contributed by atoms with Crippen LogP contribution < -0.4 is 8.54 Å². The summed E-state index contributed by atoms with van der Waals surface area (Å²) in [5.41, 5.74) is -5.27. The second kappa shape index (κ2) is 12.0. The van der Waals surface area contributed by atoms with Crippen molar-refractivity contribution in [3.05, 3.63) is 37.4 Å². The summed E-state index contributed by atoms with van der Waals surface area (Å²) in [6, 6.07) is 0. The molecule has 2 aromatic heterocycles. The summed E-state index contributed by atoms with van der Waals surface area (Å²) in [4.78, 5) is 0. The second-order valence-corrected chi connectivity index (χ2v) is 8.72. The summed E-state index contributed by atoms with van der Waals surface area (Å²) < 4.78 is 64.6. The molecule has 0 fully saturated rings. The molecule has 0 radical (unpaired) electrons. The Morgan fingerprint density at radius 3 is 1.86 bits per heavy atom. The number of aromatic nitrogens is 4. The van der Waals surface area contributed by atoms with Crippen molar-refractivity contribution < 1.29 is 30.1 Å². The Morgan fingerprint density at radius 1 is 0.828 bits per heavy atom. The van der Waals surface area contributed by atoms with Gasteiger partial charge in [-0.05, 0) is 19.3 Å². The van der Waals surface area contributed by atoms with Crippen LogP contribution >= 0.6 is 0 Å². The molecule has 0 N–H and O–H groups in total. The standard InChI is InChI=1S/C11H21N2.C8H12F3N2O2S/c1-3-5-7-12-9-10-13(11-12)8-6-4-2;1-2-3-4-12-5-6-13(7-12)16(14,15)8(9,10)11/h9-11H,3-8H2,1-2H3;5-7H,2-4H2,1H3/q2*+1. The monoisotopic (exact) mass is 438 g/mol. The number of nitrogens with zero attached hydrogens (tertiary/aromatic N) is 4. The lowest BCUT2D eigenvalue weighted by atomic mass is 10.3. The molecule has 10 heteroatoms. The van der Waals surface area contributed by atoms with Crippen molar-refractivity contribution in [2.45, 2.75) is 84.4 Å². The van der Waals surface area contributed by atoms with E-state index in [1.54, 1.807) is 0 Å². The molecule has 2 heterocycles. The normalized spacial score (nSPS) is 11.9. The van der Waals surface area contributed by atoms with Crippen molar-refractivity contribution in [3.8, 4) is 0 Å². The van der Waals surface area contributed by atoms with Crippen LogP contribution in [0.2, 0.25) is 0 Å². The third kappa shape index (κ3) is 8.20. The lowest BCUT2D eigenvalue weighted by Crippen LogP contribution is -2.49. The molecule has 0 atom stereocenters. The van der Waals surface area contributed by atoms with Crippen molar-refractivity contribution in [2.75, 3.05) is 0 Å². The van der Waals surface area contributed by atoms with Gasteiger partial charge in [0.05, 0.1) is 19.6 Å². The van der Waals surface area contributed by atoms with Crippen LogP contribution in [0.25, 0.3) is 0 Å². The van der Waals surface area contributed by atoms with Gasteiger partial charge in [0.25, 0.3) is 6.33 Å². The lowest BCUT2D eigenvalue weighted by Gasteiger charge is -2.02. The molecule has 0 aliphatic carbocycles. The molecule has 2 rings (SSSR count). The minimum absolute atomic E-state index is 0.183. The number of imidazole rings is 2. The topological polar surface area (TPSA) is 51.8 Å². The first-order valence-corrected chi connectivity index (χ1v) is 11.5. The number of alkyl halides is 3. The van der Waals surface area contributed by atoms with E-state index in [-0.39, 0.29) is 3.97 Å². The Labute approximate surface area is 171 Å². The van der Waals surface area contributed by atoms with Crippen molar-refractivity contribution in [3.63, 3.8) is 0 Å². The predicted octanol–water partition coefficient (Wildman–Crippen LogP) is 3.65. The van der Waals surface area contributed by atoms with Crippen LogP contribution in [0.5, 0.6) is 0 Å². The Hall–Kier alpha value is -1.84. The SMILES string of the molecule is CCCCn1cc[n+](CCCC)c1.CCCCn1cc[n+](S(=O)(=O)C(F)(F)F)c1. The third-order valence-electron chi connectivity index (χ3n) is 4.29. The molecule has 0 bridgehead atoms. The molecule has 0 saturated carbocycles. The van der Waals surface area contributed by atoms with Crippen LogP contribution in [-0.2, 0) is 29.7 Å². The van der Waals surface area contributed by atoms with E-state index in [1.807, 2.05) is 6.92 Å². The highest BCUT2D eigenvalue weighted by atomic mass is 32.2. The zero-order valence-electron chi connectivity index (χ0n) is 17.5. The summed E-state index contributed by atoms with van der Waals surface area (Å²) >= 11 is 0. The fourth-order valence-corrected chi connectivity index (χ4v) is 3.19. The average Bonchev–Trinajstić information content (AvgIpc) is 3.32. The zero-order chi connectivity index (χ0) is 21.9. The maximum Gasteiger partial charge on any atom is 0.537 e. The van der Waals surface area contributed by atoms with Gasteiger partial charge in [-0.15, -0.1) is 3.97 Å². The maximum atomic E-state index is 12.2. The van der Waals surface area contributed by atoms with Crippen molar-refractivity contribution >= 4 is 10.0 Å². The highest BCUT2D eigenvalue weighted by Gasteiger charge is 2.51. The number of aryl methyl sites for hydroxylation is 3. The zero-order valence-corrected chi connectivity index (χ0v) is 18.3. The number of hydrogen-bond donors (Lipinski definition) is 0. The predicted molar refractivity (Wildman–Crippen MR) is 104 cm³/mol. The largest absolute Gasteiger partial charge is 0.537 e. The smallest absolute Gasteiger partial charge is 0.237 e. The molecule has 2 aromatic rings. The van der Waals surface area contributed by atoms with Gasteiger partial charge >= 0.3 is 15.5 Å². The lowest BCUT2D eigenvalue weighted by molar-refractivity contribution is -0.696. The second-order valence-electron chi connectivity index (χ2n) is 6.88. The Kier molecular flexibility index (Phi) is 10.4. The third-order valence-corrected chi connectivity index (χ3v) is 5.65. The van der Waals surface area contributed by atoms with Crippen LogP contribution in [0.1, 0.15) is 59.3 Å². The van der Waals surface area contributed by atoms with Gasteiger partial charge in [-0.2, -0.15) is 21.6 Å². The molecule has 0 aromatic carbocycles. The number of unbranched alkanes of at least 4 members (excludes halogenated alkanes) is 3. The van der Waals surface area contributed by atoms with E-state index in [4.69, 9.17) is 0 Å². The van der Waals surface area contributed by atoms with Crippen molar-refractivity contribution in [1.82, 2.24) is 9.13 Å². The molecule has 0 amide bonds. The first-order valence-electron chi connectivity index (χ1n) is 10.1. The summed E-state index contributed by atoms with van der Waals surface area (Å²) in [6.07, 6.45) is 16.4. The van der Waals surface area contributed by atoms with Gasteiger partial charge in [0, 0.05) is 0 Å². The van der Waals surface area contributed by atoms with Gasteiger partial charge in [0.15, 0.2) is 0 Å². The molecule has 0 aliphatic heterocycles. The van der Waals surface area contributed by atoms with E-state index in [9.17, 15) is 21.6 Å². The minimum Gasteiger partial charge on any atom is -0.237 e. The highest BCUT2D eigenvalue weighted by Crippen LogP contribution is 2.21. The molecule has 0 saturated heterocycles. The minimum atomic E-state index is -5.28. The van der Waals surface area contributed by atoms with Crippen LogP contribution in [0, 0.1) is 0 Å². The van der Waals surface area contributed by atoms with E-state index in [1.165, 1.54) is 36.4 Å². The molecule has 0 unspecified atom stereocenters. The molecular formula is C19H33F3N4O2S+2. The Bertz CT molecular complexity index is 791. The van der Waals surface area contributed by atoms with Gasteiger partial charge in [-0.25, -0.2) is 13.7 Å². The quantitative estimate of drug-likeness (QED) is 0.532. The van der Waals surface area contributed by atoms with Crippen molar-refractivity contribution in [1.29, 1.82) is 0 Å². The number of hydrogen-bond acceptors (Lipinski definition) is 2. The summed E-state index contributed by atoms with van der Waals surface area (Å²) in [6.45, 7) is 9.22. The highest BCUT2D eigenvalue weighted by molar-refractivity contribution is 7.85. The maximum absolute atomic E-state index is 12.2. The van der Waals surface area contributed by atoms with Gasteiger partial charge < -0.3 is 0 Å². The molecule has 29 heavy (non-hydrogen) atoms. The first kappa shape index (κ1) is 25.2. The summed E-state index contributed by atoms with van der Waals surface area (Å²) in [5.74, 6) is 0. The van der Waals surface area contributed by atoms with Crippen LogP contribution in [-0.4, -0.2) is 23.1 Å². The first-order chi connectivity index (χ1) is 13.7. The average molecular weight is 439 g/mol. The van der Waals surface area contributed by atoms with Crippen molar-refractivity contribution in [2.24, 2.45) is 0 Å². The van der Waals surface area contributed by atoms with Gasteiger partial charge in [-0.3, -0.25) is 0 Å². The fourth-order valence-electron chi connectivity index (χ4n) is 2.49. The molecule has 0 spiro atoms. The van der Waals surface area contributed by atoms with Crippen LogP contribution in [0.4, 0.5) is 13.2 Å². The van der Waals surface area contributed by atoms with E-state index < -0.39 is 15.5 Å². The molecule has 166 valence electrons. The van der Waals surface area contributed by atoms with E-state index >= 15 is 0 Å². The molecule has 6 nitrogen and oxygen atoms in total. The van der Waals surface area contributed by atoms with E-state index in [0.717, 1.165) is 38.5 Å².